The molecule has 104 valence electrons. The number of esters is 1. The molecule has 2 aromatic rings. The standard InChI is InChI=1S/C13H10Cl2N2O3/c1-2-20-13(19)8-6-16-11(17-12(8)18)7-3-4-9(14)10(15)5-7/h3-6H,2H2,1H3,(H,16,17,18). The van der Waals surface area contributed by atoms with Gasteiger partial charge >= 0.3 is 5.97 Å². The van der Waals surface area contributed by atoms with E-state index in [2.05, 4.69) is 9.97 Å². The number of hydrogen-bond acceptors (Lipinski definition) is 4. The van der Waals surface area contributed by atoms with Gasteiger partial charge in [0, 0.05) is 11.8 Å². The van der Waals surface area contributed by atoms with Crippen LogP contribution < -0.4 is 5.56 Å². The summed E-state index contributed by atoms with van der Waals surface area (Å²) in [5.74, 6) is -0.413. The highest BCUT2D eigenvalue weighted by atomic mass is 35.5. The number of carbonyl (C=O) groups is 1. The maximum atomic E-state index is 11.8. The van der Waals surface area contributed by atoms with Crippen LogP contribution in [0.2, 0.25) is 10.0 Å². The second-order valence-electron chi connectivity index (χ2n) is 3.82. The minimum absolute atomic E-state index is 0.143. The lowest BCUT2D eigenvalue weighted by Crippen LogP contribution is -2.20. The van der Waals surface area contributed by atoms with Crippen molar-refractivity contribution in [2.45, 2.75) is 6.92 Å². The van der Waals surface area contributed by atoms with Gasteiger partial charge < -0.3 is 9.72 Å². The van der Waals surface area contributed by atoms with Gasteiger partial charge in [0.2, 0.25) is 0 Å². The van der Waals surface area contributed by atoms with E-state index in [0.717, 1.165) is 0 Å². The van der Waals surface area contributed by atoms with Gasteiger partial charge in [0.1, 0.15) is 11.4 Å². The van der Waals surface area contributed by atoms with Gasteiger partial charge in [0.15, 0.2) is 0 Å². The van der Waals surface area contributed by atoms with Crippen LogP contribution in [-0.2, 0) is 4.74 Å². The number of ether oxygens (including phenoxy) is 1. The van der Waals surface area contributed by atoms with Crippen LogP contribution in [0.5, 0.6) is 0 Å². The summed E-state index contributed by atoms with van der Waals surface area (Å²) in [5, 5.41) is 0.752. The molecule has 0 saturated carbocycles. The number of rotatable bonds is 3. The Balaban J connectivity index is 2.40. The molecule has 7 heteroatoms. The van der Waals surface area contributed by atoms with Crippen molar-refractivity contribution in [2.75, 3.05) is 6.61 Å². The predicted molar refractivity (Wildman–Crippen MR) is 76.3 cm³/mol. The summed E-state index contributed by atoms with van der Waals surface area (Å²) >= 11 is 11.7. The minimum Gasteiger partial charge on any atom is -0.462 e. The average Bonchev–Trinajstić information content (AvgIpc) is 2.42. The maximum Gasteiger partial charge on any atom is 0.345 e. The molecule has 0 atom stereocenters. The Bertz CT molecular complexity index is 713. The molecule has 1 N–H and O–H groups in total. The van der Waals surface area contributed by atoms with Crippen LogP contribution in [0.3, 0.4) is 0 Å². The second kappa shape index (κ2) is 6.07. The molecule has 1 aromatic carbocycles. The van der Waals surface area contributed by atoms with Crippen LogP contribution in [0.4, 0.5) is 0 Å². The Morgan fingerprint density at radius 1 is 1.35 bits per heavy atom. The minimum atomic E-state index is -0.707. The van der Waals surface area contributed by atoms with Gasteiger partial charge in [-0.15, -0.1) is 0 Å². The van der Waals surface area contributed by atoms with Crippen LogP contribution in [0.1, 0.15) is 17.3 Å². The van der Waals surface area contributed by atoms with Crippen LogP contribution >= 0.6 is 23.2 Å². The smallest absolute Gasteiger partial charge is 0.345 e. The number of halogens is 2. The third-order valence-electron chi connectivity index (χ3n) is 2.49. The van der Waals surface area contributed by atoms with E-state index in [1.54, 1.807) is 25.1 Å². The lowest BCUT2D eigenvalue weighted by molar-refractivity contribution is 0.0524. The first-order chi connectivity index (χ1) is 9.52. The van der Waals surface area contributed by atoms with E-state index in [0.29, 0.717) is 21.4 Å². The zero-order valence-corrected chi connectivity index (χ0v) is 12.0. The summed E-state index contributed by atoms with van der Waals surface area (Å²) in [7, 11) is 0. The number of nitrogens with zero attached hydrogens (tertiary/aromatic N) is 1. The molecule has 1 aromatic heterocycles. The quantitative estimate of drug-likeness (QED) is 0.884. The fraction of sp³-hybridized carbons (Fsp3) is 0.154. The van der Waals surface area contributed by atoms with E-state index in [4.69, 9.17) is 27.9 Å². The number of aromatic nitrogens is 2. The van der Waals surface area contributed by atoms with Gasteiger partial charge in [0.05, 0.1) is 16.7 Å². The lowest BCUT2D eigenvalue weighted by Gasteiger charge is -2.04. The molecule has 5 nitrogen and oxygen atoms in total. The van der Waals surface area contributed by atoms with E-state index >= 15 is 0 Å². The summed E-state index contributed by atoms with van der Waals surface area (Å²) in [6.07, 6.45) is 1.18. The fourth-order valence-electron chi connectivity index (χ4n) is 1.54. The third-order valence-corrected chi connectivity index (χ3v) is 3.23. The van der Waals surface area contributed by atoms with Crippen molar-refractivity contribution in [2.24, 2.45) is 0 Å². The number of nitrogens with one attached hydrogen (secondary N) is 1. The molecule has 20 heavy (non-hydrogen) atoms. The molecule has 0 aliphatic heterocycles. The number of carbonyl (C=O) groups excluding carboxylic acids is 1. The zero-order valence-electron chi connectivity index (χ0n) is 10.4. The van der Waals surface area contributed by atoms with Crippen LogP contribution in [0.25, 0.3) is 11.4 Å². The highest BCUT2D eigenvalue weighted by Gasteiger charge is 2.13. The van der Waals surface area contributed by atoms with Crippen molar-refractivity contribution in [3.63, 3.8) is 0 Å². The summed E-state index contributed by atoms with van der Waals surface area (Å²) in [6.45, 7) is 1.84. The molecule has 0 spiro atoms. The van der Waals surface area contributed by atoms with Gasteiger partial charge in [-0.05, 0) is 25.1 Å². The Morgan fingerprint density at radius 2 is 2.10 bits per heavy atom. The van der Waals surface area contributed by atoms with Crippen molar-refractivity contribution >= 4 is 29.2 Å². The van der Waals surface area contributed by atoms with E-state index in [-0.39, 0.29) is 12.2 Å². The number of H-pyrrole nitrogens is 1. The molecule has 1 heterocycles. The summed E-state index contributed by atoms with van der Waals surface area (Å²) < 4.78 is 4.75. The van der Waals surface area contributed by atoms with Crippen LogP contribution in [0, 0.1) is 0 Å². The summed E-state index contributed by atoms with van der Waals surface area (Å²) in [6, 6.07) is 4.83. The van der Waals surface area contributed by atoms with Crippen molar-refractivity contribution in [3.8, 4) is 11.4 Å². The molecule has 2 rings (SSSR count). The van der Waals surface area contributed by atoms with Crippen LogP contribution in [0.15, 0.2) is 29.2 Å². The molecule has 0 bridgehead atoms. The van der Waals surface area contributed by atoms with Gasteiger partial charge in [-0.2, -0.15) is 0 Å². The number of benzene rings is 1. The second-order valence-corrected chi connectivity index (χ2v) is 4.64. The molecule has 0 amide bonds. The molecule has 0 radical (unpaired) electrons. The normalized spacial score (nSPS) is 10.3. The molecular weight excluding hydrogens is 303 g/mol. The molecule has 0 unspecified atom stereocenters. The topological polar surface area (TPSA) is 72.0 Å². The molecule has 0 fully saturated rings. The predicted octanol–water partition coefficient (Wildman–Crippen LogP) is 2.92. The molecular formula is C13H10Cl2N2O3. The Kier molecular flexibility index (Phi) is 4.42. The maximum absolute atomic E-state index is 11.8. The fourth-order valence-corrected chi connectivity index (χ4v) is 1.84. The Labute approximate surface area is 124 Å². The van der Waals surface area contributed by atoms with Crippen molar-refractivity contribution < 1.29 is 9.53 Å². The van der Waals surface area contributed by atoms with Crippen LogP contribution in [-0.4, -0.2) is 22.5 Å². The van der Waals surface area contributed by atoms with E-state index in [1.807, 2.05) is 0 Å². The van der Waals surface area contributed by atoms with Crippen molar-refractivity contribution in [3.05, 3.63) is 50.4 Å². The van der Waals surface area contributed by atoms with Gasteiger partial charge in [-0.25, -0.2) is 9.78 Å². The number of hydrogen-bond donors (Lipinski definition) is 1. The average molecular weight is 313 g/mol. The van der Waals surface area contributed by atoms with Gasteiger partial charge in [-0.1, -0.05) is 23.2 Å². The zero-order chi connectivity index (χ0) is 14.7. The van der Waals surface area contributed by atoms with E-state index < -0.39 is 11.5 Å². The van der Waals surface area contributed by atoms with Crippen molar-refractivity contribution in [1.82, 2.24) is 9.97 Å². The monoisotopic (exact) mass is 312 g/mol. The molecule has 0 aliphatic rings. The summed E-state index contributed by atoms with van der Waals surface area (Å²) in [4.78, 5) is 29.9. The number of aromatic amines is 1. The van der Waals surface area contributed by atoms with Crippen molar-refractivity contribution in [1.29, 1.82) is 0 Å². The Morgan fingerprint density at radius 3 is 2.70 bits per heavy atom. The van der Waals surface area contributed by atoms with E-state index in [1.165, 1.54) is 6.20 Å². The Hall–Kier alpha value is -1.85. The highest BCUT2D eigenvalue weighted by molar-refractivity contribution is 6.42. The highest BCUT2D eigenvalue weighted by Crippen LogP contribution is 2.26. The molecule has 0 saturated heterocycles. The first-order valence-electron chi connectivity index (χ1n) is 5.74. The largest absolute Gasteiger partial charge is 0.462 e. The van der Waals surface area contributed by atoms with Gasteiger partial charge in [0.25, 0.3) is 5.56 Å². The SMILES string of the molecule is CCOC(=O)c1cnc(-c2ccc(Cl)c(Cl)c2)[nH]c1=O. The van der Waals surface area contributed by atoms with E-state index in [9.17, 15) is 9.59 Å². The van der Waals surface area contributed by atoms with Gasteiger partial charge in [-0.3, -0.25) is 4.79 Å². The third kappa shape index (κ3) is 3.00. The first kappa shape index (κ1) is 14.6. The lowest BCUT2D eigenvalue weighted by atomic mass is 10.2. The first-order valence-corrected chi connectivity index (χ1v) is 6.50. The summed E-state index contributed by atoms with van der Waals surface area (Å²) in [5.41, 5.74) is -0.123. The molecule has 0 aliphatic carbocycles.